The molecule has 6 nitrogen and oxygen atoms in total. The second-order valence-electron chi connectivity index (χ2n) is 4.91. The van der Waals surface area contributed by atoms with Gasteiger partial charge in [0, 0.05) is 5.92 Å². The van der Waals surface area contributed by atoms with Gasteiger partial charge in [0.25, 0.3) is 0 Å². The average Bonchev–Trinajstić information content (AvgIpc) is 2.46. The van der Waals surface area contributed by atoms with Crippen LogP contribution < -0.4 is 0 Å². The minimum atomic E-state index is -2.09. The van der Waals surface area contributed by atoms with E-state index in [1.807, 2.05) is 0 Å². The highest BCUT2D eigenvalue weighted by molar-refractivity contribution is 5.33. The first kappa shape index (κ1) is 14.4. The summed E-state index contributed by atoms with van der Waals surface area (Å²) >= 11 is 0. The molecule has 0 heterocycles. The van der Waals surface area contributed by atoms with Crippen LogP contribution in [-0.2, 0) is 0 Å². The molecule has 2 unspecified atom stereocenters. The van der Waals surface area contributed by atoms with Crippen LogP contribution in [0.3, 0.4) is 0 Å². The van der Waals surface area contributed by atoms with E-state index in [1.165, 1.54) is 0 Å². The van der Waals surface area contributed by atoms with Gasteiger partial charge in [0.05, 0.1) is 12.7 Å². The van der Waals surface area contributed by atoms with Gasteiger partial charge in [0.2, 0.25) is 0 Å². The molecule has 6 atom stereocenters. The van der Waals surface area contributed by atoms with Crippen molar-refractivity contribution in [2.45, 2.75) is 35.9 Å². The van der Waals surface area contributed by atoms with Gasteiger partial charge in [-0.1, -0.05) is 30.3 Å². The Bertz CT molecular complexity index is 424. The van der Waals surface area contributed by atoms with E-state index in [-0.39, 0.29) is 0 Å². The Morgan fingerprint density at radius 1 is 1.11 bits per heavy atom. The predicted octanol–water partition coefficient (Wildman–Crippen LogP) is -2.05. The zero-order valence-electron chi connectivity index (χ0n) is 10.2. The fourth-order valence-electron chi connectivity index (χ4n) is 2.69. The van der Waals surface area contributed by atoms with Crippen molar-refractivity contribution in [2.24, 2.45) is 0 Å². The zero-order valence-corrected chi connectivity index (χ0v) is 10.2. The molecule has 0 aliphatic heterocycles. The minimum Gasteiger partial charge on any atom is -0.394 e. The highest BCUT2D eigenvalue weighted by atomic mass is 16.4. The van der Waals surface area contributed by atoms with Gasteiger partial charge in [0.15, 0.2) is 0 Å². The summed E-state index contributed by atoms with van der Waals surface area (Å²) in [5.74, 6) is -0.931. The van der Waals surface area contributed by atoms with Crippen molar-refractivity contribution in [2.75, 3.05) is 6.61 Å². The van der Waals surface area contributed by atoms with E-state index >= 15 is 0 Å². The maximum atomic E-state index is 10.4. The van der Waals surface area contributed by atoms with E-state index in [4.69, 9.17) is 5.11 Å². The van der Waals surface area contributed by atoms with Crippen molar-refractivity contribution in [3.8, 4) is 0 Å². The standard InChI is InChI=1S/C13H18O6/c14-6-8(15)11(17)13(19)9(10(16)12(13)18)7-4-2-1-3-5-7/h1-5,8-12,14-19H,6H2/t8-,9?,10?,11-,12+,13+/m1/s1. The van der Waals surface area contributed by atoms with Crippen LogP contribution in [-0.4, -0.2) is 67.3 Å². The highest BCUT2D eigenvalue weighted by Gasteiger charge is 2.65. The third-order valence-corrected chi connectivity index (χ3v) is 3.82. The van der Waals surface area contributed by atoms with Crippen molar-refractivity contribution < 1.29 is 30.6 Å². The van der Waals surface area contributed by atoms with Gasteiger partial charge in [-0.25, -0.2) is 0 Å². The molecule has 1 aromatic rings. The van der Waals surface area contributed by atoms with Crippen LogP contribution in [0.25, 0.3) is 0 Å². The van der Waals surface area contributed by atoms with Crippen LogP contribution in [0.2, 0.25) is 0 Å². The number of aliphatic hydroxyl groups excluding tert-OH is 5. The molecule has 0 saturated heterocycles. The number of hydrogen-bond acceptors (Lipinski definition) is 6. The van der Waals surface area contributed by atoms with Crippen molar-refractivity contribution in [1.29, 1.82) is 0 Å². The summed E-state index contributed by atoms with van der Waals surface area (Å²) in [4.78, 5) is 0. The van der Waals surface area contributed by atoms with Gasteiger partial charge in [-0.2, -0.15) is 0 Å². The van der Waals surface area contributed by atoms with Crippen LogP contribution in [0.15, 0.2) is 30.3 Å². The molecule has 0 aromatic heterocycles. The van der Waals surface area contributed by atoms with E-state index in [9.17, 15) is 25.5 Å². The summed E-state index contributed by atoms with van der Waals surface area (Å²) in [6.45, 7) is -0.756. The molecule has 19 heavy (non-hydrogen) atoms. The molecule has 106 valence electrons. The maximum Gasteiger partial charge on any atom is 0.131 e. The molecule has 2 rings (SSSR count). The van der Waals surface area contributed by atoms with Gasteiger partial charge >= 0.3 is 0 Å². The van der Waals surface area contributed by atoms with Crippen LogP contribution in [0, 0.1) is 0 Å². The van der Waals surface area contributed by atoms with Crippen molar-refractivity contribution >= 4 is 0 Å². The Hall–Kier alpha value is -1.02. The predicted molar refractivity (Wildman–Crippen MR) is 65.2 cm³/mol. The zero-order chi connectivity index (χ0) is 14.2. The molecule has 0 spiro atoms. The van der Waals surface area contributed by atoms with Gasteiger partial charge in [-0.3, -0.25) is 0 Å². The molecule has 0 radical (unpaired) electrons. The second kappa shape index (κ2) is 5.16. The second-order valence-corrected chi connectivity index (χ2v) is 4.91. The first-order valence-electron chi connectivity index (χ1n) is 6.05. The molecule has 6 heteroatoms. The summed E-state index contributed by atoms with van der Waals surface area (Å²) in [5, 5.41) is 58.1. The maximum absolute atomic E-state index is 10.4. The number of benzene rings is 1. The minimum absolute atomic E-state index is 0.534. The molecule has 1 aliphatic carbocycles. The topological polar surface area (TPSA) is 121 Å². The molecule has 1 aliphatic rings. The lowest BCUT2D eigenvalue weighted by Crippen LogP contribution is -2.75. The molecule has 0 amide bonds. The number of rotatable bonds is 4. The lowest BCUT2D eigenvalue weighted by Gasteiger charge is -2.56. The van der Waals surface area contributed by atoms with Gasteiger partial charge in [-0.15, -0.1) is 0 Å². The SMILES string of the molecule is OC[C@@H](O)[C@@H](O)[C@@]1(O)C(c2ccccc2)C(O)[C@@H]1O. The Kier molecular flexibility index (Phi) is 3.91. The molecule has 1 aromatic carbocycles. The van der Waals surface area contributed by atoms with Crippen molar-refractivity contribution in [3.63, 3.8) is 0 Å². The fraction of sp³-hybridized carbons (Fsp3) is 0.538. The molecule has 6 N–H and O–H groups in total. The molecule has 0 bridgehead atoms. The third-order valence-electron chi connectivity index (χ3n) is 3.82. The molecular formula is C13H18O6. The number of hydrogen-bond donors (Lipinski definition) is 6. The van der Waals surface area contributed by atoms with E-state index in [2.05, 4.69) is 0 Å². The Morgan fingerprint density at radius 3 is 2.21 bits per heavy atom. The first-order chi connectivity index (χ1) is 8.94. The Labute approximate surface area is 110 Å². The average molecular weight is 270 g/mol. The monoisotopic (exact) mass is 270 g/mol. The van der Waals surface area contributed by atoms with Crippen molar-refractivity contribution in [3.05, 3.63) is 35.9 Å². The summed E-state index contributed by atoms with van der Waals surface area (Å²) in [6, 6.07) is 8.43. The molecular weight excluding hydrogens is 252 g/mol. The van der Waals surface area contributed by atoms with Gasteiger partial charge in [-0.05, 0) is 5.56 Å². The molecule has 1 saturated carbocycles. The van der Waals surface area contributed by atoms with Crippen LogP contribution in [0.1, 0.15) is 11.5 Å². The lowest BCUT2D eigenvalue weighted by molar-refractivity contribution is -0.284. The summed E-state index contributed by atoms with van der Waals surface area (Å²) in [6.07, 6.45) is -6.19. The quantitative estimate of drug-likeness (QED) is 0.374. The first-order valence-corrected chi connectivity index (χ1v) is 6.05. The highest BCUT2D eigenvalue weighted by Crippen LogP contribution is 2.49. The lowest BCUT2D eigenvalue weighted by atomic mass is 9.58. The summed E-state index contributed by atoms with van der Waals surface area (Å²) in [7, 11) is 0. The number of aliphatic hydroxyl groups is 6. The smallest absolute Gasteiger partial charge is 0.131 e. The van der Waals surface area contributed by atoms with E-state index in [1.54, 1.807) is 30.3 Å². The third kappa shape index (κ3) is 2.06. The van der Waals surface area contributed by atoms with E-state index in [0.717, 1.165) is 0 Å². The van der Waals surface area contributed by atoms with Gasteiger partial charge < -0.3 is 30.6 Å². The molecule has 1 fully saturated rings. The van der Waals surface area contributed by atoms with E-state index < -0.39 is 42.5 Å². The Morgan fingerprint density at radius 2 is 1.68 bits per heavy atom. The Balaban J connectivity index is 2.32. The summed E-state index contributed by atoms with van der Waals surface area (Å²) in [5.41, 5.74) is -1.56. The van der Waals surface area contributed by atoms with Gasteiger partial charge in [0.1, 0.15) is 23.9 Å². The normalized spacial score (nSPS) is 37.5. The summed E-state index contributed by atoms with van der Waals surface area (Å²) < 4.78 is 0. The van der Waals surface area contributed by atoms with Crippen LogP contribution in [0.5, 0.6) is 0 Å². The van der Waals surface area contributed by atoms with Crippen LogP contribution >= 0.6 is 0 Å². The van der Waals surface area contributed by atoms with Crippen LogP contribution in [0.4, 0.5) is 0 Å². The van der Waals surface area contributed by atoms with E-state index in [0.29, 0.717) is 5.56 Å². The van der Waals surface area contributed by atoms with Crippen molar-refractivity contribution in [1.82, 2.24) is 0 Å². The largest absolute Gasteiger partial charge is 0.394 e. The fourth-order valence-corrected chi connectivity index (χ4v) is 2.69.